The van der Waals surface area contributed by atoms with Crippen LogP contribution in [0.15, 0.2) is 47.8 Å². The Morgan fingerprint density at radius 2 is 1.88 bits per heavy atom. The largest absolute Gasteiger partial charge is 0.336 e. The molecule has 5 nitrogen and oxygen atoms in total. The van der Waals surface area contributed by atoms with Gasteiger partial charge in [0, 0.05) is 10.9 Å². The average Bonchev–Trinajstić information content (AvgIpc) is 3.04. The summed E-state index contributed by atoms with van der Waals surface area (Å²) in [5.74, 6) is -1.02. The number of amides is 1. The van der Waals surface area contributed by atoms with E-state index in [0.29, 0.717) is 5.82 Å². The van der Waals surface area contributed by atoms with E-state index in [1.807, 2.05) is 17.5 Å². The molecular weight excluding hydrogens is 334 g/mol. The quantitative estimate of drug-likeness (QED) is 0.738. The van der Waals surface area contributed by atoms with Crippen molar-refractivity contribution in [2.24, 2.45) is 0 Å². The number of nitrogens with zero attached hydrogens (tertiary/aromatic N) is 2. The van der Waals surface area contributed by atoms with Crippen LogP contribution in [0.3, 0.4) is 0 Å². The van der Waals surface area contributed by atoms with Crippen LogP contribution in [0, 0.1) is 11.6 Å². The van der Waals surface area contributed by atoms with Crippen LogP contribution in [0.25, 0.3) is 0 Å². The lowest BCUT2D eigenvalue weighted by molar-refractivity contribution is -0.115. The van der Waals surface area contributed by atoms with Crippen molar-refractivity contribution in [1.82, 2.24) is 10.2 Å². The molecule has 8 heteroatoms. The second-order valence-electron chi connectivity index (χ2n) is 4.86. The summed E-state index contributed by atoms with van der Waals surface area (Å²) >= 11 is 1.50. The fourth-order valence-electron chi connectivity index (χ4n) is 1.95. The molecule has 0 saturated carbocycles. The number of hydrogen-bond acceptors (Lipinski definition) is 5. The molecule has 0 aliphatic carbocycles. The Morgan fingerprint density at radius 3 is 2.54 bits per heavy atom. The molecule has 3 rings (SSSR count). The molecule has 0 saturated heterocycles. The molecule has 0 fully saturated rings. The number of halogens is 2. The fourth-order valence-corrected chi connectivity index (χ4v) is 2.66. The highest BCUT2D eigenvalue weighted by Gasteiger charge is 2.08. The highest BCUT2D eigenvalue weighted by atomic mass is 32.1. The molecular formula is C16H12F2N4OS. The minimum absolute atomic E-state index is 0.0835. The van der Waals surface area contributed by atoms with E-state index in [1.54, 1.807) is 6.07 Å². The summed E-state index contributed by atoms with van der Waals surface area (Å²) in [6, 6.07) is 10.0. The zero-order chi connectivity index (χ0) is 16.9. The molecule has 24 heavy (non-hydrogen) atoms. The molecule has 3 aromatic rings. The third kappa shape index (κ3) is 4.11. The van der Waals surface area contributed by atoms with Crippen LogP contribution in [0.1, 0.15) is 4.88 Å². The average molecular weight is 346 g/mol. The van der Waals surface area contributed by atoms with Gasteiger partial charge in [-0.1, -0.05) is 6.07 Å². The highest BCUT2D eigenvalue weighted by Crippen LogP contribution is 2.19. The maximum absolute atomic E-state index is 13.6. The van der Waals surface area contributed by atoms with Gasteiger partial charge >= 0.3 is 0 Å². The van der Waals surface area contributed by atoms with Crippen LogP contribution in [0.4, 0.5) is 26.1 Å². The molecule has 0 unspecified atom stereocenters. The van der Waals surface area contributed by atoms with E-state index >= 15 is 0 Å². The monoisotopic (exact) mass is 346 g/mol. The third-order valence-electron chi connectivity index (χ3n) is 3.04. The molecule has 122 valence electrons. The van der Waals surface area contributed by atoms with Crippen molar-refractivity contribution in [1.29, 1.82) is 0 Å². The Morgan fingerprint density at radius 1 is 1.08 bits per heavy atom. The van der Waals surface area contributed by atoms with Crippen LogP contribution in [-0.2, 0) is 11.2 Å². The first-order chi connectivity index (χ1) is 11.6. The summed E-state index contributed by atoms with van der Waals surface area (Å²) in [5, 5.41) is 14.9. The van der Waals surface area contributed by atoms with Gasteiger partial charge in [-0.05, 0) is 35.7 Å². The Labute approximate surface area is 140 Å². The molecule has 2 heterocycles. The molecule has 0 atom stereocenters. The number of anilines is 3. The molecule has 0 bridgehead atoms. The summed E-state index contributed by atoms with van der Waals surface area (Å²) in [6.45, 7) is 0. The van der Waals surface area contributed by atoms with Gasteiger partial charge in [-0.3, -0.25) is 4.79 Å². The molecule has 0 radical (unpaired) electrons. The van der Waals surface area contributed by atoms with E-state index in [2.05, 4.69) is 20.8 Å². The molecule has 1 amide bonds. The van der Waals surface area contributed by atoms with E-state index in [4.69, 9.17) is 0 Å². The lowest BCUT2D eigenvalue weighted by Gasteiger charge is -2.07. The minimum atomic E-state index is -0.731. The number of nitrogens with one attached hydrogen (secondary N) is 2. The number of carbonyl (C=O) groups excluding carboxylic acids is 1. The third-order valence-corrected chi connectivity index (χ3v) is 3.92. The number of carbonyl (C=O) groups is 1. The summed E-state index contributed by atoms with van der Waals surface area (Å²) in [5.41, 5.74) is 0.0835. The fraction of sp³-hybridized carbons (Fsp3) is 0.0625. The van der Waals surface area contributed by atoms with Crippen LogP contribution in [0.2, 0.25) is 0 Å². The Balaban J connectivity index is 1.61. The maximum Gasteiger partial charge on any atom is 0.230 e. The van der Waals surface area contributed by atoms with Gasteiger partial charge in [0.05, 0.1) is 12.1 Å². The molecule has 2 N–H and O–H groups in total. The van der Waals surface area contributed by atoms with E-state index in [-0.39, 0.29) is 23.8 Å². The lowest BCUT2D eigenvalue weighted by Crippen LogP contribution is -2.15. The predicted octanol–water partition coefficient (Wildman–Crippen LogP) is 3.74. The molecule has 0 aliphatic rings. The van der Waals surface area contributed by atoms with Crippen LogP contribution in [-0.4, -0.2) is 16.1 Å². The van der Waals surface area contributed by atoms with E-state index < -0.39 is 11.6 Å². The van der Waals surface area contributed by atoms with Crippen LogP contribution in [0.5, 0.6) is 0 Å². The Kier molecular flexibility index (Phi) is 4.76. The number of aromatic nitrogens is 2. The van der Waals surface area contributed by atoms with E-state index in [1.165, 1.54) is 23.5 Å². The zero-order valence-electron chi connectivity index (χ0n) is 12.3. The number of rotatable bonds is 5. The minimum Gasteiger partial charge on any atom is -0.336 e. The van der Waals surface area contributed by atoms with Crippen molar-refractivity contribution in [2.45, 2.75) is 6.42 Å². The maximum atomic E-state index is 13.6. The van der Waals surface area contributed by atoms with E-state index in [0.717, 1.165) is 17.0 Å². The second kappa shape index (κ2) is 7.14. The number of hydrogen-bond donors (Lipinski definition) is 2. The first kappa shape index (κ1) is 16.0. The standard InChI is InChI=1S/C16H12F2N4OS/c17-10-3-4-13(12(18)8-10)19-14-5-6-15(22-21-14)20-16(23)9-11-2-1-7-24-11/h1-8H,9H2,(H,19,21)(H,20,22,23). The summed E-state index contributed by atoms with van der Waals surface area (Å²) in [6.07, 6.45) is 0.264. The SMILES string of the molecule is O=C(Cc1cccs1)Nc1ccc(Nc2ccc(F)cc2F)nn1. The zero-order valence-corrected chi connectivity index (χ0v) is 13.1. The normalized spacial score (nSPS) is 10.4. The van der Waals surface area contributed by atoms with Gasteiger partial charge in [0.1, 0.15) is 11.6 Å². The molecule has 0 aliphatic heterocycles. The van der Waals surface area contributed by atoms with E-state index in [9.17, 15) is 13.6 Å². The van der Waals surface area contributed by atoms with Gasteiger partial charge < -0.3 is 10.6 Å². The molecule has 2 aromatic heterocycles. The lowest BCUT2D eigenvalue weighted by atomic mass is 10.3. The van der Waals surface area contributed by atoms with Crippen molar-refractivity contribution in [2.75, 3.05) is 10.6 Å². The van der Waals surface area contributed by atoms with Crippen molar-refractivity contribution in [3.05, 3.63) is 64.4 Å². The highest BCUT2D eigenvalue weighted by molar-refractivity contribution is 7.10. The second-order valence-corrected chi connectivity index (χ2v) is 5.89. The van der Waals surface area contributed by atoms with Crippen molar-refractivity contribution in [3.8, 4) is 0 Å². The predicted molar refractivity (Wildman–Crippen MR) is 88.3 cm³/mol. The Hall–Kier alpha value is -2.87. The first-order valence-electron chi connectivity index (χ1n) is 6.98. The summed E-state index contributed by atoms with van der Waals surface area (Å²) in [4.78, 5) is 12.8. The van der Waals surface area contributed by atoms with Gasteiger partial charge in [-0.25, -0.2) is 8.78 Å². The van der Waals surface area contributed by atoms with Gasteiger partial charge in [-0.15, -0.1) is 21.5 Å². The smallest absolute Gasteiger partial charge is 0.230 e. The Bertz CT molecular complexity index is 838. The topological polar surface area (TPSA) is 66.9 Å². The van der Waals surface area contributed by atoms with Crippen LogP contribution >= 0.6 is 11.3 Å². The molecule has 0 spiro atoms. The number of benzene rings is 1. The van der Waals surface area contributed by atoms with Gasteiger partial charge in [0.2, 0.25) is 5.91 Å². The first-order valence-corrected chi connectivity index (χ1v) is 7.86. The van der Waals surface area contributed by atoms with Crippen molar-refractivity contribution >= 4 is 34.6 Å². The van der Waals surface area contributed by atoms with Gasteiger partial charge in [-0.2, -0.15) is 0 Å². The van der Waals surface area contributed by atoms with Gasteiger partial charge in [0.15, 0.2) is 11.6 Å². The molecule has 1 aromatic carbocycles. The summed E-state index contributed by atoms with van der Waals surface area (Å²) < 4.78 is 26.4. The van der Waals surface area contributed by atoms with Crippen LogP contribution < -0.4 is 10.6 Å². The van der Waals surface area contributed by atoms with Crippen molar-refractivity contribution in [3.63, 3.8) is 0 Å². The summed E-state index contributed by atoms with van der Waals surface area (Å²) in [7, 11) is 0. The number of thiophene rings is 1. The van der Waals surface area contributed by atoms with Crippen molar-refractivity contribution < 1.29 is 13.6 Å². The van der Waals surface area contributed by atoms with Gasteiger partial charge in [0.25, 0.3) is 0 Å².